The van der Waals surface area contributed by atoms with Gasteiger partial charge in [-0.25, -0.2) is 0 Å². The Hall–Kier alpha value is -0.180. The van der Waals surface area contributed by atoms with E-state index in [4.69, 9.17) is 23.2 Å². The van der Waals surface area contributed by atoms with Gasteiger partial charge in [0.05, 0.1) is 10.8 Å². The molecule has 1 aromatic carbocycles. The van der Waals surface area contributed by atoms with Gasteiger partial charge in [-0.2, -0.15) is 12.6 Å². The minimum atomic E-state index is -0.0972. The van der Waals surface area contributed by atoms with Crippen molar-refractivity contribution >= 4 is 41.6 Å². The van der Waals surface area contributed by atoms with E-state index in [0.29, 0.717) is 15.6 Å². The molecule has 0 amide bonds. The van der Waals surface area contributed by atoms with E-state index in [0.717, 1.165) is 0 Å². The van der Waals surface area contributed by atoms with Crippen LogP contribution in [0.2, 0.25) is 10.0 Å². The topological polar surface area (TPSA) is 17.1 Å². The normalized spacial score (nSPS) is 9.92. The maximum absolute atomic E-state index is 11.1. The van der Waals surface area contributed by atoms with Crippen LogP contribution in [0.25, 0.3) is 0 Å². The molecular formula is C8H6Cl2OS. The molecule has 0 unspecified atom stereocenters. The van der Waals surface area contributed by atoms with Crippen LogP contribution in [0.15, 0.2) is 18.2 Å². The first-order chi connectivity index (χ1) is 5.65. The number of benzene rings is 1. The third kappa shape index (κ3) is 2.16. The second-order valence-electron chi connectivity index (χ2n) is 2.21. The number of hydrogen-bond acceptors (Lipinski definition) is 2. The Labute approximate surface area is 86.1 Å². The van der Waals surface area contributed by atoms with Gasteiger partial charge in [-0.3, -0.25) is 4.79 Å². The molecule has 64 valence electrons. The number of halogens is 2. The molecule has 0 N–H and O–H groups in total. The largest absolute Gasteiger partial charge is 0.293 e. The van der Waals surface area contributed by atoms with Crippen LogP contribution in [-0.4, -0.2) is 11.5 Å². The van der Waals surface area contributed by atoms with Gasteiger partial charge < -0.3 is 0 Å². The maximum atomic E-state index is 11.1. The van der Waals surface area contributed by atoms with Crippen LogP contribution >= 0.6 is 35.8 Å². The summed E-state index contributed by atoms with van der Waals surface area (Å²) in [6, 6.07) is 4.77. The Morgan fingerprint density at radius 1 is 1.42 bits per heavy atom. The number of carbonyl (C=O) groups excluding carboxylic acids is 1. The Kier molecular flexibility index (Phi) is 3.44. The zero-order valence-electron chi connectivity index (χ0n) is 6.05. The summed E-state index contributed by atoms with van der Waals surface area (Å²) in [6.07, 6.45) is 0. The van der Waals surface area contributed by atoms with Gasteiger partial charge in [0, 0.05) is 10.6 Å². The minimum Gasteiger partial charge on any atom is -0.293 e. The zero-order valence-corrected chi connectivity index (χ0v) is 8.46. The van der Waals surface area contributed by atoms with Crippen molar-refractivity contribution in [3.63, 3.8) is 0 Å². The Morgan fingerprint density at radius 3 is 2.58 bits per heavy atom. The highest BCUT2D eigenvalue weighted by Gasteiger charge is 2.07. The van der Waals surface area contributed by atoms with Crippen molar-refractivity contribution < 1.29 is 4.79 Å². The number of Topliss-reactive ketones (excluding diaryl/α,β-unsaturated/α-hetero) is 1. The van der Waals surface area contributed by atoms with Gasteiger partial charge in [0.15, 0.2) is 5.78 Å². The summed E-state index contributed by atoms with van der Waals surface area (Å²) in [6.45, 7) is 0. The third-order valence-corrected chi connectivity index (χ3v) is 2.21. The van der Waals surface area contributed by atoms with Gasteiger partial charge in [-0.1, -0.05) is 23.2 Å². The van der Waals surface area contributed by atoms with Gasteiger partial charge in [0.25, 0.3) is 0 Å². The summed E-state index contributed by atoms with van der Waals surface area (Å²) in [7, 11) is 0. The Bertz CT molecular complexity index is 312. The summed E-state index contributed by atoms with van der Waals surface area (Å²) < 4.78 is 0. The smallest absolute Gasteiger partial charge is 0.173 e. The lowest BCUT2D eigenvalue weighted by atomic mass is 10.1. The summed E-state index contributed by atoms with van der Waals surface area (Å²) in [5.41, 5.74) is 0.469. The van der Waals surface area contributed by atoms with Gasteiger partial charge >= 0.3 is 0 Å². The lowest BCUT2D eigenvalue weighted by Gasteiger charge is -2.00. The average molecular weight is 221 g/mol. The van der Waals surface area contributed by atoms with Crippen molar-refractivity contribution in [1.29, 1.82) is 0 Å². The molecule has 4 heteroatoms. The van der Waals surface area contributed by atoms with Crippen LogP contribution in [0.3, 0.4) is 0 Å². The monoisotopic (exact) mass is 220 g/mol. The summed E-state index contributed by atoms with van der Waals surface area (Å²) >= 11 is 15.3. The van der Waals surface area contributed by atoms with E-state index in [2.05, 4.69) is 12.6 Å². The molecule has 1 nitrogen and oxygen atoms in total. The molecule has 0 saturated heterocycles. The highest BCUT2D eigenvalue weighted by molar-refractivity contribution is 7.81. The third-order valence-electron chi connectivity index (χ3n) is 1.38. The van der Waals surface area contributed by atoms with Gasteiger partial charge in [0.1, 0.15) is 0 Å². The van der Waals surface area contributed by atoms with Crippen LogP contribution in [0.5, 0.6) is 0 Å². The molecule has 0 aromatic heterocycles. The Balaban J connectivity index is 3.09. The summed E-state index contributed by atoms with van der Waals surface area (Å²) in [4.78, 5) is 11.1. The van der Waals surface area contributed by atoms with Crippen molar-refractivity contribution in [2.24, 2.45) is 0 Å². The lowest BCUT2D eigenvalue weighted by molar-refractivity contribution is 0.102. The number of hydrogen-bond donors (Lipinski definition) is 1. The molecule has 0 atom stereocenters. The van der Waals surface area contributed by atoms with Gasteiger partial charge in [-0.15, -0.1) is 0 Å². The first-order valence-corrected chi connectivity index (χ1v) is 4.63. The van der Waals surface area contributed by atoms with Crippen LogP contribution in [0.1, 0.15) is 10.4 Å². The molecule has 0 heterocycles. The molecular weight excluding hydrogens is 215 g/mol. The number of rotatable bonds is 2. The molecule has 0 aliphatic heterocycles. The lowest BCUT2D eigenvalue weighted by Crippen LogP contribution is -2.00. The fourth-order valence-electron chi connectivity index (χ4n) is 0.801. The molecule has 0 radical (unpaired) electrons. The standard InChI is InChI=1S/C8H6Cl2OS/c9-5-1-2-6(7(10)3-5)8(11)4-12/h1-3,12H,4H2. The number of ketones is 1. The molecule has 1 rings (SSSR count). The first kappa shape index (κ1) is 9.90. The van der Waals surface area contributed by atoms with E-state index in [1.807, 2.05) is 0 Å². The van der Waals surface area contributed by atoms with Crippen molar-refractivity contribution in [1.82, 2.24) is 0 Å². The molecule has 0 fully saturated rings. The fraction of sp³-hybridized carbons (Fsp3) is 0.125. The molecule has 12 heavy (non-hydrogen) atoms. The maximum Gasteiger partial charge on any atom is 0.173 e. The zero-order chi connectivity index (χ0) is 9.14. The van der Waals surface area contributed by atoms with Crippen LogP contribution in [0.4, 0.5) is 0 Å². The number of carbonyl (C=O) groups is 1. The molecule has 0 aliphatic carbocycles. The van der Waals surface area contributed by atoms with Gasteiger partial charge in [0.2, 0.25) is 0 Å². The van der Waals surface area contributed by atoms with Crippen molar-refractivity contribution in [2.45, 2.75) is 0 Å². The molecule has 0 saturated carbocycles. The summed E-state index contributed by atoms with van der Waals surface area (Å²) in [5.74, 6) is 0.0569. The Morgan fingerprint density at radius 2 is 2.08 bits per heavy atom. The van der Waals surface area contributed by atoms with E-state index >= 15 is 0 Å². The van der Waals surface area contributed by atoms with Gasteiger partial charge in [-0.05, 0) is 18.2 Å². The SMILES string of the molecule is O=C(CS)c1ccc(Cl)cc1Cl. The molecule has 1 aromatic rings. The van der Waals surface area contributed by atoms with Crippen molar-refractivity contribution in [3.8, 4) is 0 Å². The van der Waals surface area contributed by atoms with Crippen molar-refractivity contribution in [3.05, 3.63) is 33.8 Å². The van der Waals surface area contributed by atoms with Crippen LogP contribution < -0.4 is 0 Å². The molecule has 0 spiro atoms. The van der Waals surface area contributed by atoms with E-state index in [1.54, 1.807) is 18.2 Å². The second-order valence-corrected chi connectivity index (χ2v) is 3.37. The van der Waals surface area contributed by atoms with Crippen molar-refractivity contribution in [2.75, 3.05) is 5.75 Å². The number of thiol groups is 1. The molecule has 0 aliphatic rings. The van der Waals surface area contributed by atoms with E-state index < -0.39 is 0 Å². The van der Waals surface area contributed by atoms with E-state index in [-0.39, 0.29) is 11.5 Å². The minimum absolute atomic E-state index is 0.0972. The quantitative estimate of drug-likeness (QED) is 0.599. The first-order valence-electron chi connectivity index (χ1n) is 3.24. The van der Waals surface area contributed by atoms with E-state index in [9.17, 15) is 4.79 Å². The summed E-state index contributed by atoms with van der Waals surface area (Å²) in [5, 5.41) is 0.900. The highest BCUT2D eigenvalue weighted by atomic mass is 35.5. The van der Waals surface area contributed by atoms with E-state index in [1.165, 1.54) is 0 Å². The predicted molar refractivity (Wildman–Crippen MR) is 54.6 cm³/mol. The fourth-order valence-corrected chi connectivity index (χ4v) is 1.49. The highest BCUT2D eigenvalue weighted by Crippen LogP contribution is 2.21. The molecule has 0 bridgehead atoms. The predicted octanol–water partition coefficient (Wildman–Crippen LogP) is 3.11. The second kappa shape index (κ2) is 4.17. The average Bonchev–Trinajstić information content (AvgIpc) is 2.03. The van der Waals surface area contributed by atoms with Crippen LogP contribution in [0, 0.1) is 0 Å². The van der Waals surface area contributed by atoms with Crippen LogP contribution in [-0.2, 0) is 0 Å².